The lowest BCUT2D eigenvalue weighted by Crippen LogP contribution is -2.46. The van der Waals surface area contributed by atoms with Gasteiger partial charge in [0.25, 0.3) is 0 Å². The molecule has 4 nitrogen and oxygen atoms in total. The molecule has 0 atom stereocenters. The van der Waals surface area contributed by atoms with Crippen molar-refractivity contribution in [2.45, 2.75) is 27.3 Å². The van der Waals surface area contributed by atoms with Crippen molar-refractivity contribution in [2.24, 2.45) is 5.92 Å². The minimum Gasteiger partial charge on any atom is -0.478 e. The first-order valence-corrected chi connectivity index (χ1v) is 7.73. The van der Waals surface area contributed by atoms with Crippen molar-refractivity contribution < 1.29 is 9.90 Å². The van der Waals surface area contributed by atoms with Crippen LogP contribution >= 0.6 is 0 Å². The predicted octanol–water partition coefficient (Wildman–Crippen LogP) is 2.47. The van der Waals surface area contributed by atoms with Crippen LogP contribution in [0.1, 0.15) is 35.3 Å². The van der Waals surface area contributed by atoms with Gasteiger partial charge in [0, 0.05) is 39.3 Å². The first kappa shape index (κ1) is 16.0. The van der Waals surface area contributed by atoms with Crippen molar-refractivity contribution in [3.63, 3.8) is 0 Å². The maximum atomic E-state index is 11.0. The molecule has 1 aliphatic heterocycles. The number of nitrogens with zero attached hydrogens (tertiary/aromatic N) is 2. The maximum absolute atomic E-state index is 11.0. The Morgan fingerprint density at radius 1 is 1.19 bits per heavy atom. The summed E-state index contributed by atoms with van der Waals surface area (Å²) in [5.74, 6) is -0.130. The van der Waals surface area contributed by atoms with Crippen LogP contribution in [0, 0.1) is 12.8 Å². The number of hydrogen-bond donors (Lipinski definition) is 1. The zero-order valence-corrected chi connectivity index (χ0v) is 13.3. The van der Waals surface area contributed by atoms with Crippen molar-refractivity contribution in [2.75, 3.05) is 32.7 Å². The Labute approximate surface area is 127 Å². The van der Waals surface area contributed by atoms with Crippen LogP contribution in [0.25, 0.3) is 0 Å². The number of aromatic carboxylic acids is 1. The molecule has 1 aromatic rings. The topological polar surface area (TPSA) is 43.8 Å². The molecular weight excluding hydrogens is 264 g/mol. The van der Waals surface area contributed by atoms with E-state index in [-0.39, 0.29) is 0 Å². The fourth-order valence-electron chi connectivity index (χ4n) is 2.89. The van der Waals surface area contributed by atoms with E-state index < -0.39 is 5.97 Å². The molecule has 0 aromatic heterocycles. The zero-order chi connectivity index (χ0) is 15.4. The molecule has 0 amide bonds. The van der Waals surface area contributed by atoms with Gasteiger partial charge in [-0.15, -0.1) is 0 Å². The SMILES string of the molecule is Cc1cc(C(=O)O)ccc1CN1CCN(CC(C)C)CC1. The van der Waals surface area contributed by atoms with E-state index in [2.05, 4.69) is 23.6 Å². The predicted molar refractivity (Wildman–Crippen MR) is 84.7 cm³/mol. The Morgan fingerprint density at radius 2 is 1.81 bits per heavy atom. The van der Waals surface area contributed by atoms with Gasteiger partial charge in [-0.3, -0.25) is 4.90 Å². The van der Waals surface area contributed by atoms with Gasteiger partial charge in [-0.1, -0.05) is 19.9 Å². The number of piperazine rings is 1. The molecule has 4 heteroatoms. The molecule has 116 valence electrons. The van der Waals surface area contributed by atoms with Crippen LogP contribution < -0.4 is 0 Å². The molecule has 1 saturated heterocycles. The largest absolute Gasteiger partial charge is 0.478 e. The summed E-state index contributed by atoms with van der Waals surface area (Å²) in [6, 6.07) is 5.44. The minimum absolute atomic E-state index is 0.373. The monoisotopic (exact) mass is 290 g/mol. The van der Waals surface area contributed by atoms with Crippen molar-refractivity contribution in [3.8, 4) is 0 Å². The smallest absolute Gasteiger partial charge is 0.335 e. The standard InChI is InChI=1S/C17H26N2O2/c1-13(2)11-18-6-8-19(9-7-18)12-16-5-4-15(17(20)21)10-14(16)3/h4-5,10,13H,6-9,11-12H2,1-3H3,(H,20,21). The Kier molecular flexibility index (Phi) is 5.37. The van der Waals surface area contributed by atoms with Gasteiger partial charge in [0.05, 0.1) is 5.56 Å². The lowest BCUT2D eigenvalue weighted by atomic mass is 10.0. The third kappa shape index (κ3) is 4.55. The van der Waals surface area contributed by atoms with E-state index in [9.17, 15) is 4.79 Å². The molecule has 0 aliphatic carbocycles. The molecule has 1 N–H and O–H groups in total. The zero-order valence-electron chi connectivity index (χ0n) is 13.3. The van der Waals surface area contributed by atoms with Crippen LogP contribution in [0.4, 0.5) is 0 Å². The van der Waals surface area contributed by atoms with Gasteiger partial charge < -0.3 is 10.0 Å². The Morgan fingerprint density at radius 3 is 2.33 bits per heavy atom. The second-order valence-electron chi connectivity index (χ2n) is 6.42. The maximum Gasteiger partial charge on any atom is 0.335 e. The van der Waals surface area contributed by atoms with E-state index in [1.165, 1.54) is 12.1 Å². The van der Waals surface area contributed by atoms with Crippen LogP contribution in [-0.2, 0) is 6.54 Å². The number of aryl methyl sites for hydroxylation is 1. The molecule has 0 bridgehead atoms. The number of benzene rings is 1. The van der Waals surface area contributed by atoms with Crippen molar-refractivity contribution >= 4 is 5.97 Å². The molecule has 0 saturated carbocycles. The van der Waals surface area contributed by atoms with Crippen LogP contribution in [0.5, 0.6) is 0 Å². The van der Waals surface area contributed by atoms with Gasteiger partial charge in [0.2, 0.25) is 0 Å². The summed E-state index contributed by atoms with van der Waals surface area (Å²) in [7, 11) is 0. The summed E-state index contributed by atoms with van der Waals surface area (Å²) in [5.41, 5.74) is 2.68. The highest BCUT2D eigenvalue weighted by Crippen LogP contribution is 2.15. The number of hydrogen-bond acceptors (Lipinski definition) is 3. The Hall–Kier alpha value is -1.39. The summed E-state index contributed by atoms with van der Waals surface area (Å²) in [6.07, 6.45) is 0. The van der Waals surface area contributed by atoms with Crippen molar-refractivity contribution in [1.82, 2.24) is 9.80 Å². The van der Waals surface area contributed by atoms with E-state index in [0.717, 1.165) is 44.2 Å². The fourth-order valence-corrected chi connectivity index (χ4v) is 2.89. The van der Waals surface area contributed by atoms with Gasteiger partial charge in [-0.25, -0.2) is 4.79 Å². The lowest BCUT2D eigenvalue weighted by Gasteiger charge is -2.35. The molecule has 1 fully saturated rings. The van der Waals surface area contributed by atoms with Crippen LogP contribution in [0.15, 0.2) is 18.2 Å². The van der Waals surface area contributed by atoms with Gasteiger partial charge in [0.1, 0.15) is 0 Å². The van der Waals surface area contributed by atoms with E-state index in [1.807, 2.05) is 13.0 Å². The number of carbonyl (C=O) groups is 1. The van der Waals surface area contributed by atoms with Gasteiger partial charge in [0.15, 0.2) is 0 Å². The molecule has 0 radical (unpaired) electrons. The summed E-state index contributed by atoms with van der Waals surface area (Å²) in [5, 5.41) is 9.01. The second-order valence-corrected chi connectivity index (χ2v) is 6.42. The molecular formula is C17H26N2O2. The van der Waals surface area contributed by atoms with E-state index >= 15 is 0 Å². The molecule has 1 aromatic carbocycles. The van der Waals surface area contributed by atoms with Gasteiger partial charge >= 0.3 is 5.97 Å². The third-order valence-electron chi connectivity index (χ3n) is 4.07. The normalized spacial score (nSPS) is 17.3. The summed E-state index contributed by atoms with van der Waals surface area (Å²) in [6.45, 7) is 13.1. The average Bonchev–Trinajstić information content (AvgIpc) is 2.42. The highest BCUT2D eigenvalue weighted by molar-refractivity contribution is 5.87. The Balaban J connectivity index is 1.90. The van der Waals surface area contributed by atoms with Gasteiger partial charge in [-0.2, -0.15) is 0 Å². The lowest BCUT2D eigenvalue weighted by molar-refractivity contribution is 0.0696. The third-order valence-corrected chi connectivity index (χ3v) is 4.07. The van der Waals surface area contributed by atoms with E-state index in [0.29, 0.717) is 5.56 Å². The molecule has 0 spiro atoms. The number of carboxylic acid groups (broad SMARTS) is 1. The molecule has 21 heavy (non-hydrogen) atoms. The van der Waals surface area contributed by atoms with Crippen LogP contribution in [0.3, 0.4) is 0 Å². The van der Waals surface area contributed by atoms with E-state index in [4.69, 9.17) is 5.11 Å². The van der Waals surface area contributed by atoms with E-state index in [1.54, 1.807) is 12.1 Å². The highest BCUT2D eigenvalue weighted by Gasteiger charge is 2.18. The number of rotatable bonds is 5. The van der Waals surface area contributed by atoms with Crippen LogP contribution in [-0.4, -0.2) is 53.6 Å². The number of carboxylic acids is 1. The minimum atomic E-state index is -0.855. The van der Waals surface area contributed by atoms with Gasteiger partial charge in [-0.05, 0) is 36.1 Å². The molecule has 2 rings (SSSR count). The summed E-state index contributed by atoms with van der Waals surface area (Å²) in [4.78, 5) is 15.9. The molecule has 1 heterocycles. The summed E-state index contributed by atoms with van der Waals surface area (Å²) < 4.78 is 0. The second kappa shape index (κ2) is 7.05. The van der Waals surface area contributed by atoms with Crippen LogP contribution in [0.2, 0.25) is 0 Å². The van der Waals surface area contributed by atoms with Crippen molar-refractivity contribution in [1.29, 1.82) is 0 Å². The average molecular weight is 290 g/mol. The summed E-state index contributed by atoms with van der Waals surface area (Å²) >= 11 is 0. The fraction of sp³-hybridized carbons (Fsp3) is 0.588. The Bertz CT molecular complexity index is 492. The first-order valence-electron chi connectivity index (χ1n) is 7.73. The molecule has 0 unspecified atom stereocenters. The van der Waals surface area contributed by atoms with Crippen molar-refractivity contribution in [3.05, 3.63) is 34.9 Å². The molecule has 1 aliphatic rings. The quantitative estimate of drug-likeness (QED) is 0.905. The highest BCUT2D eigenvalue weighted by atomic mass is 16.4. The first-order chi connectivity index (χ1) is 9.95.